The molecule has 3 rings (SSSR count). The molecule has 5 heteroatoms. The van der Waals surface area contributed by atoms with Crippen molar-refractivity contribution in [3.05, 3.63) is 58.3 Å². The highest BCUT2D eigenvalue weighted by molar-refractivity contribution is 7.09. The maximum absolute atomic E-state index is 11.7. The van der Waals surface area contributed by atoms with Crippen molar-refractivity contribution in [2.24, 2.45) is 0 Å². The number of thiophene rings is 1. The Morgan fingerprint density at radius 2 is 1.96 bits per heavy atom. The minimum absolute atomic E-state index is 0.234. The monoisotopic (exact) mass is 330 g/mol. The van der Waals surface area contributed by atoms with E-state index in [4.69, 9.17) is 4.74 Å². The Bertz CT molecular complexity index is 595. The average Bonchev–Trinajstić information content (AvgIpc) is 3.05. The Labute approximate surface area is 140 Å². The molecule has 1 amide bonds. The summed E-state index contributed by atoms with van der Waals surface area (Å²) in [5.41, 5.74) is 1.00. The number of rotatable bonds is 7. The summed E-state index contributed by atoms with van der Waals surface area (Å²) in [7, 11) is 0. The van der Waals surface area contributed by atoms with Crippen molar-refractivity contribution in [1.82, 2.24) is 10.6 Å². The fourth-order valence-corrected chi connectivity index (χ4v) is 3.40. The molecule has 0 radical (unpaired) electrons. The van der Waals surface area contributed by atoms with Crippen molar-refractivity contribution in [3.63, 3.8) is 0 Å². The van der Waals surface area contributed by atoms with E-state index in [9.17, 15) is 4.79 Å². The van der Waals surface area contributed by atoms with Gasteiger partial charge >= 0.3 is 6.09 Å². The molecule has 1 aliphatic carbocycles. The van der Waals surface area contributed by atoms with Crippen LogP contribution in [0.1, 0.15) is 23.3 Å². The van der Waals surface area contributed by atoms with Crippen LogP contribution in [0.5, 0.6) is 0 Å². The van der Waals surface area contributed by atoms with Crippen LogP contribution in [0.25, 0.3) is 0 Å². The summed E-state index contributed by atoms with van der Waals surface area (Å²) in [5, 5.41) is 8.57. The first-order valence-corrected chi connectivity index (χ1v) is 8.90. The van der Waals surface area contributed by atoms with Crippen LogP contribution in [-0.2, 0) is 17.8 Å². The van der Waals surface area contributed by atoms with E-state index in [2.05, 4.69) is 28.1 Å². The molecule has 0 spiro atoms. The van der Waals surface area contributed by atoms with E-state index in [-0.39, 0.29) is 12.1 Å². The Kier molecular flexibility index (Phi) is 5.66. The zero-order chi connectivity index (χ0) is 15.9. The molecule has 1 aromatic heterocycles. The lowest BCUT2D eigenvalue weighted by Crippen LogP contribution is -2.52. The average molecular weight is 330 g/mol. The highest BCUT2D eigenvalue weighted by Crippen LogP contribution is 2.20. The van der Waals surface area contributed by atoms with Gasteiger partial charge in [0, 0.05) is 23.5 Å². The van der Waals surface area contributed by atoms with Crippen LogP contribution in [0.15, 0.2) is 47.8 Å². The molecule has 2 N–H and O–H groups in total. The molecular weight excluding hydrogens is 308 g/mol. The largest absolute Gasteiger partial charge is 0.445 e. The van der Waals surface area contributed by atoms with Gasteiger partial charge in [0.05, 0.1) is 0 Å². The first kappa shape index (κ1) is 16.0. The first-order valence-electron chi connectivity index (χ1n) is 8.02. The fraction of sp³-hybridized carbons (Fsp3) is 0.389. The number of hydrogen-bond donors (Lipinski definition) is 2. The Balaban J connectivity index is 1.25. The van der Waals surface area contributed by atoms with Gasteiger partial charge in [0.2, 0.25) is 0 Å². The van der Waals surface area contributed by atoms with Crippen LogP contribution in [0.3, 0.4) is 0 Å². The molecule has 122 valence electrons. The summed E-state index contributed by atoms with van der Waals surface area (Å²) in [6.07, 6.45) is 2.71. The Hall–Kier alpha value is -1.85. The van der Waals surface area contributed by atoms with Crippen molar-refractivity contribution in [1.29, 1.82) is 0 Å². The summed E-state index contributed by atoms with van der Waals surface area (Å²) < 4.78 is 5.23. The van der Waals surface area contributed by atoms with Gasteiger partial charge in [-0.1, -0.05) is 36.4 Å². The highest BCUT2D eigenvalue weighted by atomic mass is 32.1. The van der Waals surface area contributed by atoms with E-state index in [1.165, 1.54) is 4.88 Å². The maximum atomic E-state index is 11.7. The molecule has 1 saturated carbocycles. The van der Waals surface area contributed by atoms with Gasteiger partial charge in [-0.05, 0) is 36.3 Å². The second kappa shape index (κ2) is 8.13. The van der Waals surface area contributed by atoms with E-state index in [1.807, 2.05) is 30.3 Å². The van der Waals surface area contributed by atoms with Crippen molar-refractivity contribution in [2.75, 3.05) is 6.54 Å². The van der Waals surface area contributed by atoms with Crippen molar-refractivity contribution >= 4 is 17.4 Å². The fourth-order valence-electron chi connectivity index (χ4n) is 2.69. The first-order chi connectivity index (χ1) is 11.3. The van der Waals surface area contributed by atoms with Crippen LogP contribution in [0.4, 0.5) is 4.79 Å². The van der Waals surface area contributed by atoms with Crippen molar-refractivity contribution in [2.45, 2.75) is 38.0 Å². The van der Waals surface area contributed by atoms with Crippen LogP contribution in [-0.4, -0.2) is 24.7 Å². The second-order valence-electron chi connectivity index (χ2n) is 5.85. The van der Waals surface area contributed by atoms with Crippen LogP contribution in [0, 0.1) is 0 Å². The summed E-state index contributed by atoms with van der Waals surface area (Å²) in [6.45, 7) is 1.32. The summed E-state index contributed by atoms with van der Waals surface area (Å²) in [5.74, 6) is 0. The zero-order valence-corrected chi connectivity index (χ0v) is 13.9. The van der Waals surface area contributed by atoms with Crippen LogP contribution < -0.4 is 10.6 Å². The number of benzene rings is 1. The predicted molar refractivity (Wildman–Crippen MR) is 92.6 cm³/mol. The molecule has 1 aromatic carbocycles. The third-order valence-corrected chi connectivity index (χ3v) is 4.99. The van der Waals surface area contributed by atoms with Crippen molar-refractivity contribution in [3.8, 4) is 0 Å². The molecule has 23 heavy (non-hydrogen) atoms. The molecule has 1 heterocycles. The second-order valence-corrected chi connectivity index (χ2v) is 6.89. The standard InChI is InChI=1S/C18H22N2O2S/c21-18(22-13-14-5-2-1-3-6-14)20-16-11-15(12-16)19-9-8-17-7-4-10-23-17/h1-7,10,15-16,19H,8-9,11-13H2,(H,20,21). The lowest BCUT2D eigenvalue weighted by Gasteiger charge is -2.36. The molecule has 0 unspecified atom stereocenters. The minimum atomic E-state index is -0.323. The number of nitrogens with one attached hydrogen (secondary N) is 2. The van der Waals surface area contributed by atoms with Crippen LogP contribution >= 0.6 is 11.3 Å². The van der Waals surface area contributed by atoms with E-state index in [0.717, 1.165) is 31.4 Å². The third kappa shape index (κ3) is 5.08. The molecule has 0 bridgehead atoms. The van der Waals surface area contributed by atoms with Gasteiger partial charge in [-0.2, -0.15) is 0 Å². The van der Waals surface area contributed by atoms with E-state index in [1.54, 1.807) is 11.3 Å². The SMILES string of the molecule is O=C(NC1CC(NCCc2cccs2)C1)OCc1ccccc1. The van der Waals surface area contributed by atoms with Crippen molar-refractivity contribution < 1.29 is 9.53 Å². The lowest BCUT2D eigenvalue weighted by molar-refractivity contribution is 0.125. The minimum Gasteiger partial charge on any atom is -0.445 e. The Morgan fingerprint density at radius 1 is 1.13 bits per heavy atom. The molecule has 1 aliphatic rings. The zero-order valence-electron chi connectivity index (χ0n) is 13.0. The van der Waals surface area contributed by atoms with Gasteiger partial charge in [0.15, 0.2) is 0 Å². The number of carbonyl (C=O) groups excluding carboxylic acids is 1. The predicted octanol–water partition coefficient (Wildman–Crippen LogP) is 3.34. The molecule has 2 aromatic rings. The highest BCUT2D eigenvalue weighted by Gasteiger charge is 2.30. The number of ether oxygens (including phenoxy) is 1. The molecule has 4 nitrogen and oxygen atoms in total. The van der Waals surface area contributed by atoms with Gasteiger partial charge in [-0.15, -0.1) is 11.3 Å². The maximum Gasteiger partial charge on any atom is 0.407 e. The third-order valence-electron chi connectivity index (χ3n) is 4.06. The number of carbonyl (C=O) groups is 1. The number of alkyl carbamates (subject to hydrolysis) is 1. The van der Waals surface area contributed by atoms with E-state index < -0.39 is 0 Å². The van der Waals surface area contributed by atoms with Crippen LogP contribution in [0.2, 0.25) is 0 Å². The quantitative estimate of drug-likeness (QED) is 0.819. The van der Waals surface area contributed by atoms with Gasteiger partial charge in [0.1, 0.15) is 6.61 Å². The summed E-state index contributed by atoms with van der Waals surface area (Å²) in [6, 6.07) is 14.7. The summed E-state index contributed by atoms with van der Waals surface area (Å²) in [4.78, 5) is 13.2. The van der Waals surface area contributed by atoms with Gasteiger partial charge in [-0.3, -0.25) is 0 Å². The van der Waals surface area contributed by atoms with Gasteiger partial charge in [0.25, 0.3) is 0 Å². The summed E-state index contributed by atoms with van der Waals surface area (Å²) >= 11 is 1.80. The molecule has 0 aliphatic heterocycles. The Morgan fingerprint density at radius 3 is 2.70 bits per heavy atom. The molecule has 0 atom stereocenters. The van der Waals surface area contributed by atoms with Gasteiger partial charge in [-0.25, -0.2) is 4.79 Å². The molecule has 1 fully saturated rings. The lowest BCUT2D eigenvalue weighted by atomic mass is 9.87. The molecule has 0 saturated heterocycles. The van der Waals surface area contributed by atoms with E-state index in [0.29, 0.717) is 12.6 Å². The topological polar surface area (TPSA) is 50.4 Å². The molecular formula is C18H22N2O2S. The smallest absolute Gasteiger partial charge is 0.407 e. The number of hydrogen-bond acceptors (Lipinski definition) is 4. The number of amides is 1. The van der Waals surface area contributed by atoms with Gasteiger partial charge < -0.3 is 15.4 Å². The normalized spacial score (nSPS) is 19.8. The van der Waals surface area contributed by atoms with E-state index >= 15 is 0 Å².